The molecule has 0 aliphatic rings. The maximum atomic E-state index is 13.1. The molecule has 33 heavy (non-hydrogen) atoms. The summed E-state index contributed by atoms with van der Waals surface area (Å²) in [6, 6.07) is 19.9. The van der Waals surface area contributed by atoms with E-state index in [2.05, 4.69) is 5.32 Å². The van der Waals surface area contributed by atoms with E-state index in [0.29, 0.717) is 35.1 Å². The lowest BCUT2D eigenvalue weighted by molar-refractivity contribution is -0.112. The predicted molar refractivity (Wildman–Crippen MR) is 124 cm³/mol. The summed E-state index contributed by atoms with van der Waals surface area (Å²) in [7, 11) is 1.56. The Bertz CT molecular complexity index is 1170. The van der Waals surface area contributed by atoms with Crippen molar-refractivity contribution in [1.82, 2.24) is 0 Å². The second-order valence-corrected chi connectivity index (χ2v) is 6.91. The number of anilines is 1. The molecule has 3 rings (SSSR count). The maximum absolute atomic E-state index is 13.1. The van der Waals surface area contributed by atoms with Gasteiger partial charge in [-0.05, 0) is 72.7 Å². The number of halogens is 1. The fraction of sp³-hybridized carbons (Fsp3) is 0.154. The normalized spacial score (nSPS) is 10.8. The number of hydrogen-bond donors (Lipinski definition) is 1. The molecule has 0 unspecified atom stereocenters. The quantitative estimate of drug-likeness (QED) is 0.354. The highest BCUT2D eigenvalue weighted by atomic mass is 19.1. The van der Waals surface area contributed by atoms with Crippen LogP contribution in [0.2, 0.25) is 0 Å². The zero-order valence-electron chi connectivity index (χ0n) is 18.3. The second-order valence-electron chi connectivity index (χ2n) is 6.91. The van der Waals surface area contributed by atoms with E-state index in [1.165, 1.54) is 18.2 Å². The molecule has 7 heteroatoms. The van der Waals surface area contributed by atoms with Gasteiger partial charge in [0.05, 0.1) is 13.7 Å². The minimum atomic E-state index is -0.530. The van der Waals surface area contributed by atoms with Gasteiger partial charge in [0, 0.05) is 5.69 Å². The number of benzene rings is 3. The van der Waals surface area contributed by atoms with Crippen LogP contribution in [0.15, 0.2) is 72.3 Å². The van der Waals surface area contributed by atoms with Crippen molar-refractivity contribution in [2.24, 2.45) is 0 Å². The van der Waals surface area contributed by atoms with Crippen LogP contribution in [0, 0.1) is 17.1 Å². The van der Waals surface area contributed by atoms with E-state index < -0.39 is 5.91 Å². The minimum Gasteiger partial charge on any atom is -0.497 e. The van der Waals surface area contributed by atoms with Gasteiger partial charge in [-0.1, -0.05) is 18.2 Å². The third kappa shape index (κ3) is 6.58. The first-order chi connectivity index (χ1) is 16.0. The summed E-state index contributed by atoms with van der Waals surface area (Å²) in [6.45, 7) is 2.49. The van der Waals surface area contributed by atoms with Crippen LogP contribution in [-0.4, -0.2) is 19.6 Å². The summed E-state index contributed by atoms with van der Waals surface area (Å²) in [5.41, 5.74) is 1.90. The third-order valence-corrected chi connectivity index (χ3v) is 4.60. The maximum Gasteiger partial charge on any atom is 0.266 e. The largest absolute Gasteiger partial charge is 0.497 e. The van der Waals surface area contributed by atoms with E-state index >= 15 is 0 Å². The lowest BCUT2D eigenvalue weighted by atomic mass is 10.1. The average Bonchev–Trinajstić information content (AvgIpc) is 2.83. The molecule has 6 nitrogen and oxygen atoms in total. The molecule has 1 amide bonds. The van der Waals surface area contributed by atoms with E-state index in [1.54, 1.807) is 61.7 Å². The number of nitrogens with one attached hydrogen (secondary N) is 1. The Morgan fingerprint density at radius 3 is 2.39 bits per heavy atom. The molecule has 0 aliphatic carbocycles. The van der Waals surface area contributed by atoms with Crippen molar-refractivity contribution in [3.63, 3.8) is 0 Å². The summed E-state index contributed by atoms with van der Waals surface area (Å²) in [5, 5.41) is 12.2. The fourth-order valence-corrected chi connectivity index (χ4v) is 2.93. The molecule has 0 heterocycles. The molecule has 0 radical (unpaired) electrons. The molecular weight excluding hydrogens is 423 g/mol. The SMILES string of the molecule is CCOc1cc(/C=C(/C#N)C(=O)Nc2ccc(OC)cc2)ccc1OCc1ccc(F)cc1. The van der Waals surface area contributed by atoms with Crippen LogP contribution < -0.4 is 19.5 Å². The zero-order valence-corrected chi connectivity index (χ0v) is 18.3. The van der Waals surface area contributed by atoms with Crippen molar-refractivity contribution in [3.8, 4) is 23.3 Å². The van der Waals surface area contributed by atoms with E-state index in [0.717, 1.165) is 5.56 Å². The molecule has 0 saturated carbocycles. The van der Waals surface area contributed by atoms with E-state index in [9.17, 15) is 14.4 Å². The van der Waals surface area contributed by atoms with Gasteiger partial charge in [-0.2, -0.15) is 5.26 Å². The number of amides is 1. The summed E-state index contributed by atoms with van der Waals surface area (Å²) in [6.07, 6.45) is 1.48. The van der Waals surface area contributed by atoms with E-state index in [4.69, 9.17) is 14.2 Å². The van der Waals surface area contributed by atoms with Crippen molar-refractivity contribution >= 4 is 17.7 Å². The fourth-order valence-electron chi connectivity index (χ4n) is 2.93. The molecule has 1 N–H and O–H groups in total. The monoisotopic (exact) mass is 446 g/mol. The Hall–Kier alpha value is -4.31. The molecular formula is C26H23FN2O4. The second kappa shape index (κ2) is 11.3. The van der Waals surface area contributed by atoms with Gasteiger partial charge >= 0.3 is 0 Å². The predicted octanol–water partition coefficient (Wildman–Crippen LogP) is 5.36. The summed E-state index contributed by atoms with van der Waals surface area (Å²) in [4.78, 5) is 12.5. The van der Waals surface area contributed by atoms with Crippen LogP contribution in [-0.2, 0) is 11.4 Å². The third-order valence-electron chi connectivity index (χ3n) is 4.60. The van der Waals surface area contributed by atoms with Crippen LogP contribution >= 0.6 is 0 Å². The number of nitriles is 1. The molecule has 0 atom stereocenters. The van der Waals surface area contributed by atoms with Crippen LogP contribution in [0.3, 0.4) is 0 Å². The number of rotatable bonds is 9. The molecule has 0 aliphatic heterocycles. The first-order valence-electron chi connectivity index (χ1n) is 10.2. The number of carbonyl (C=O) groups excluding carboxylic acids is 1. The van der Waals surface area contributed by atoms with Crippen LogP contribution in [0.4, 0.5) is 10.1 Å². The van der Waals surface area contributed by atoms with E-state index in [-0.39, 0.29) is 18.0 Å². The van der Waals surface area contributed by atoms with Gasteiger partial charge in [0.2, 0.25) is 0 Å². The highest BCUT2D eigenvalue weighted by molar-refractivity contribution is 6.09. The van der Waals surface area contributed by atoms with E-state index in [1.807, 2.05) is 13.0 Å². The summed E-state index contributed by atoms with van der Waals surface area (Å²) in [5.74, 6) is 0.793. The Morgan fingerprint density at radius 1 is 1.03 bits per heavy atom. The first kappa shape index (κ1) is 23.4. The van der Waals surface area contributed by atoms with Crippen molar-refractivity contribution in [3.05, 3.63) is 89.2 Å². The Morgan fingerprint density at radius 2 is 1.76 bits per heavy atom. The molecule has 0 aromatic heterocycles. The van der Waals surface area contributed by atoms with Crippen molar-refractivity contribution in [2.75, 3.05) is 19.0 Å². The van der Waals surface area contributed by atoms with Crippen molar-refractivity contribution in [1.29, 1.82) is 5.26 Å². The lowest BCUT2D eigenvalue weighted by Crippen LogP contribution is -2.13. The summed E-state index contributed by atoms with van der Waals surface area (Å²) < 4.78 is 29.7. The molecule has 168 valence electrons. The standard InChI is InChI=1S/C26H23FN2O4/c1-3-32-25-15-19(6-13-24(25)33-17-18-4-7-21(27)8-5-18)14-20(16-28)26(30)29-22-9-11-23(31-2)12-10-22/h4-15H,3,17H2,1-2H3,(H,29,30)/b20-14-. The van der Waals surface area contributed by atoms with Gasteiger partial charge in [-0.3, -0.25) is 4.79 Å². The first-order valence-corrected chi connectivity index (χ1v) is 10.2. The van der Waals surface area contributed by atoms with Gasteiger partial charge in [-0.25, -0.2) is 4.39 Å². The zero-order chi connectivity index (χ0) is 23.6. The number of nitrogens with zero attached hydrogens (tertiary/aromatic N) is 1. The van der Waals surface area contributed by atoms with Crippen LogP contribution in [0.1, 0.15) is 18.1 Å². The number of methoxy groups -OCH3 is 1. The number of hydrogen-bond acceptors (Lipinski definition) is 5. The molecule has 0 spiro atoms. The van der Waals surface area contributed by atoms with Gasteiger partial charge in [-0.15, -0.1) is 0 Å². The highest BCUT2D eigenvalue weighted by Crippen LogP contribution is 2.30. The Kier molecular flexibility index (Phi) is 8.03. The molecule has 3 aromatic rings. The lowest BCUT2D eigenvalue weighted by Gasteiger charge is -2.13. The highest BCUT2D eigenvalue weighted by Gasteiger charge is 2.12. The molecule has 0 saturated heterocycles. The number of carbonyl (C=O) groups is 1. The van der Waals surface area contributed by atoms with Crippen LogP contribution in [0.5, 0.6) is 17.2 Å². The Labute approximate surface area is 191 Å². The minimum absolute atomic E-state index is 0.0618. The van der Waals surface area contributed by atoms with Gasteiger partial charge in [0.25, 0.3) is 5.91 Å². The van der Waals surface area contributed by atoms with Gasteiger partial charge in [0.15, 0.2) is 11.5 Å². The van der Waals surface area contributed by atoms with Crippen molar-refractivity contribution < 1.29 is 23.4 Å². The van der Waals surface area contributed by atoms with Crippen LogP contribution in [0.25, 0.3) is 6.08 Å². The Balaban J connectivity index is 1.75. The van der Waals surface area contributed by atoms with Crippen molar-refractivity contribution in [2.45, 2.75) is 13.5 Å². The summed E-state index contributed by atoms with van der Waals surface area (Å²) >= 11 is 0. The van der Waals surface area contributed by atoms with Gasteiger partial charge < -0.3 is 19.5 Å². The molecule has 0 bridgehead atoms. The molecule has 0 fully saturated rings. The average molecular weight is 446 g/mol. The molecule has 3 aromatic carbocycles. The topological polar surface area (TPSA) is 80.6 Å². The number of ether oxygens (including phenoxy) is 3. The van der Waals surface area contributed by atoms with Gasteiger partial charge in [0.1, 0.15) is 29.8 Å². The smallest absolute Gasteiger partial charge is 0.266 e.